The maximum absolute atomic E-state index is 13.7. The zero-order valence-corrected chi connectivity index (χ0v) is 14.9. The third-order valence-corrected chi connectivity index (χ3v) is 3.75. The SMILES string of the molecule is Cn1nc(C(=O)Nc2c(F)cccc2F)cc1-c1ccc(OCOC(F)F)nc1. The predicted molar refractivity (Wildman–Crippen MR) is 93.3 cm³/mol. The number of aromatic nitrogens is 3. The molecule has 0 unspecified atom stereocenters. The molecule has 1 N–H and O–H groups in total. The largest absolute Gasteiger partial charge is 0.450 e. The third kappa shape index (κ3) is 4.88. The third-order valence-electron chi connectivity index (χ3n) is 3.75. The lowest BCUT2D eigenvalue weighted by Crippen LogP contribution is -2.15. The molecule has 0 aliphatic rings. The van der Waals surface area contributed by atoms with Crippen LogP contribution >= 0.6 is 0 Å². The van der Waals surface area contributed by atoms with Crippen molar-refractivity contribution in [2.75, 3.05) is 12.1 Å². The maximum Gasteiger partial charge on any atom is 0.348 e. The first-order valence-electron chi connectivity index (χ1n) is 8.13. The van der Waals surface area contributed by atoms with Gasteiger partial charge in [-0.25, -0.2) is 13.8 Å². The molecule has 152 valence electrons. The second-order valence-electron chi connectivity index (χ2n) is 5.66. The van der Waals surface area contributed by atoms with Gasteiger partial charge in [-0.3, -0.25) is 14.2 Å². The summed E-state index contributed by atoms with van der Waals surface area (Å²) >= 11 is 0. The number of alkyl halides is 2. The Labute approximate surface area is 161 Å². The lowest BCUT2D eigenvalue weighted by molar-refractivity contribution is -0.167. The molecule has 0 bridgehead atoms. The number of hydrogen-bond donors (Lipinski definition) is 1. The summed E-state index contributed by atoms with van der Waals surface area (Å²) in [6.07, 6.45) is 1.38. The van der Waals surface area contributed by atoms with E-state index in [9.17, 15) is 22.4 Å². The summed E-state index contributed by atoms with van der Waals surface area (Å²) in [7, 11) is 1.57. The molecule has 0 atom stereocenters. The number of ether oxygens (including phenoxy) is 2. The molecule has 3 aromatic rings. The number of nitrogens with one attached hydrogen (secondary N) is 1. The number of para-hydroxylation sites is 1. The number of nitrogens with zero attached hydrogens (tertiary/aromatic N) is 3. The first-order valence-corrected chi connectivity index (χ1v) is 8.13. The van der Waals surface area contributed by atoms with Gasteiger partial charge >= 0.3 is 6.61 Å². The van der Waals surface area contributed by atoms with Gasteiger partial charge in [0.15, 0.2) is 12.5 Å². The van der Waals surface area contributed by atoms with Crippen molar-refractivity contribution in [1.82, 2.24) is 14.8 Å². The van der Waals surface area contributed by atoms with Crippen LogP contribution < -0.4 is 10.1 Å². The van der Waals surface area contributed by atoms with Crippen LogP contribution in [0.2, 0.25) is 0 Å². The molecule has 0 radical (unpaired) electrons. The molecule has 2 heterocycles. The fraction of sp³-hybridized carbons (Fsp3) is 0.167. The van der Waals surface area contributed by atoms with Crippen molar-refractivity contribution in [2.24, 2.45) is 7.05 Å². The van der Waals surface area contributed by atoms with Crippen molar-refractivity contribution >= 4 is 11.6 Å². The van der Waals surface area contributed by atoms with Crippen LogP contribution in [0.25, 0.3) is 11.3 Å². The van der Waals surface area contributed by atoms with Crippen molar-refractivity contribution < 1.29 is 31.8 Å². The van der Waals surface area contributed by atoms with Gasteiger partial charge in [-0.1, -0.05) is 6.07 Å². The molecular formula is C18H14F4N4O3. The average molecular weight is 410 g/mol. The Morgan fingerprint density at radius 2 is 1.93 bits per heavy atom. The van der Waals surface area contributed by atoms with Crippen LogP contribution in [-0.2, 0) is 11.8 Å². The number of amides is 1. The van der Waals surface area contributed by atoms with E-state index in [0.717, 1.165) is 12.1 Å². The van der Waals surface area contributed by atoms with Gasteiger partial charge in [-0.15, -0.1) is 0 Å². The molecule has 7 nitrogen and oxygen atoms in total. The highest BCUT2D eigenvalue weighted by atomic mass is 19.3. The van der Waals surface area contributed by atoms with Crippen molar-refractivity contribution in [3.63, 3.8) is 0 Å². The standard InChI is InChI=1S/C18H14F4N4O3/c1-26-14(10-5-6-15(23-8-10)28-9-29-18(21)22)7-13(25-26)17(27)24-16-11(19)3-2-4-12(16)20/h2-8,18H,9H2,1H3,(H,24,27). The Morgan fingerprint density at radius 3 is 2.55 bits per heavy atom. The summed E-state index contributed by atoms with van der Waals surface area (Å²) in [5.41, 5.74) is 0.375. The number of rotatable bonds is 7. The summed E-state index contributed by atoms with van der Waals surface area (Å²) in [6.45, 7) is -3.61. The molecule has 1 aromatic carbocycles. The van der Waals surface area contributed by atoms with Crippen LogP contribution in [0.15, 0.2) is 42.6 Å². The molecule has 0 fully saturated rings. The molecule has 11 heteroatoms. The van der Waals surface area contributed by atoms with Gasteiger partial charge in [0.05, 0.1) is 5.69 Å². The van der Waals surface area contributed by atoms with E-state index in [1.165, 1.54) is 29.1 Å². The zero-order chi connectivity index (χ0) is 21.0. The maximum atomic E-state index is 13.7. The van der Waals surface area contributed by atoms with Crippen molar-refractivity contribution in [3.8, 4) is 17.1 Å². The van der Waals surface area contributed by atoms with E-state index >= 15 is 0 Å². The average Bonchev–Trinajstić information content (AvgIpc) is 3.07. The Morgan fingerprint density at radius 1 is 1.21 bits per heavy atom. The molecule has 0 spiro atoms. The fourth-order valence-electron chi connectivity index (χ4n) is 2.41. The van der Waals surface area contributed by atoms with Crippen LogP contribution in [0.5, 0.6) is 5.88 Å². The topological polar surface area (TPSA) is 78.3 Å². The molecule has 0 aliphatic carbocycles. The van der Waals surface area contributed by atoms with Crippen molar-refractivity contribution in [2.45, 2.75) is 6.61 Å². The number of anilines is 1. The zero-order valence-electron chi connectivity index (χ0n) is 14.9. The summed E-state index contributed by atoms with van der Waals surface area (Å²) in [6, 6.07) is 7.62. The van der Waals surface area contributed by atoms with Gasteiger partial charge in [0.25, 0.3) is 5.91 Å². The van der Waals surface area contributed by atoms with Crippen LogP contribution in [0.4, 0.5) is 23.2 Å². The quantitative estimate of drug-likeness (QED) is 0.476. The predicted octanol–water partition coefficient (Wildman–Crippen LogP) is 3.59. The van der Waals surface area contributed by atoms with E-state index < -0.39 is 36.6 Å². The van der Waals surface area contributed by atoms with Gasteiger partial charge < -0.3 is 10.1 Å². The molecule has 2 aromatic heterocycles. The Bertz CT molecular complexity index is 989. The number of aryl methyl sites for hydroxylation is 1. The van der Waals surface area contributed by atoms with Gasteiger partial charge in [0.1, 0.15) is 17.3 Å². The molecular weight excluding hydrogens is 396 g/mol. The Balaban J connectivity index is 1.73. The van der Waals surface area contributed by atoms with Crippen molar-refractivity contribution in [1.29, 1.82) is 0 Å². The summed E-state index contributed by atoms with van der Waals surface area (Å²) in [5, 5.41) is 6.18. The van der Waals surface area contributed by atoms with Crippen LogP contribution in [0.1, 0.15) is 10.5 Å². The van der Waals surface area contributed by atoms with E-state index in [2.05, 4.69) is 20.1 Å². The molecule has 29 heavy (non-hydrogen) atoms. The minimum atomic E-state index is -2.95. The number of carbonyl (C=O) groups excluding carboxylic acids is 1. The van der Waals surface area contributed by atoms with E-state index in [4.69, 9.17) is 4.74 Å². The minimum absolute atomic E-state index is 0.0598. The Kier molecular flexibility index (Phi) is 6.07. The summed E-state index contributed by atoms with van der Waals surface area (Å²) in [5.74, 6) is -2.56. The smallest absolute Gasteiger partial charge is 0.348 e. The van der Waals surface area contributed by atoms with E-state index in [0.29, 0.717) is 11.3 Å². The summed E-state index contributed by atoms with van der Waals surface area (Å²) in [4.78, 5) is 16.3. The highest BCUT2D eigenvalue weighted by Gasteiger charge is 2.18. The fourth-order valence-corrected chi connectivity index (χ4v) is 2.41. The van der Waals surface area contributed by atoms with Crippen LogP contribution in [0.3, 0.4) is 0 Å². The van der Waals surface area contributed by atoms with E-state index in [-0.39, 0.29) is 11.6 Å². The lowest BCUT2D eigenvalue weighted by atomic mass is 10.2. The minimum Gasteiger partial charge on any atom is -0.450 e. The van der Waals surface area contributed by atoms with E-state index in [1.54, 1.807) is 13.1 Å². The summed E-state index contributed by atoms with van der Waals surface area (Å²) < 4.78 is 61.5. The molecule has 1 amide bonds. The van der Waals surface area contributed by atoms with Gasteiger partial charge in [0.2, 0.25) is 5.88 Å². The van der Waals surface area contributed by atoms with Crippen LogP contribution in [-0.4, -0.2) is 34.1 Å². The number of halogens is 4. The van der Waals surface area contributed by atoms with Gasteiger partial charge in [-0.05, 0) is 24.3 Å². The normalized spacial score (nSPS) is 11.0. The Hall–Kier alpha value is -3.47. The molecule has 0 saturated carbocycles. The van der Waals surface area contributed by atoms with Gasteiger partial charge in [-0.2, -0.15) is 13.9 Å². The first kappa shape index (κ1) is 20.3. The monoisotopic (exact) mass is 410 g/mol. The second kappa shape index (κ2) is 8.69. The highest BCUT2D eigenvalue weighted by molar-refractivity contribution is 6.03. The molecule has 0 saturated heterocycles. The number of benzene rings is 1. The van der Waals surface area contributed by atoms with Gasteiger partial charge in [0, 0.05) is 24.9 Å². The highest BCUT2D eigenvalue weighted by Crippen LogP contribution is 2.23. The second-order valence-corrected chi connectivity index (χ2v) is 5.66. The molecule has 3 rings (SSSR count). The van der Waals surface area contributed by atoms with Crippen LogP contribution in [0, 0.1) is 11.6 Å². The molecule has 0 aliphatic heterocycles. The number of hydrogen-bond acceptors (Lipinski definition) is 5. The lowest BCUT2D eigenvalue weighted by Gasteiger charge is -2.06. The van der Waals surface area contributed by atoms with E-state index in [1.807, 2.05) is 0 Å². The first-order chi connectivity index (χ1) is 13.8. The number of carbonyl (C=O) groups is 1. The number of pyridine rings is 1. The van der Waals surface area contributed by atoms with Crippen molar-refractivity contribution in [3.05, 3.63) is 59.9 Å².